The fourth-order valence-corrected chi connectivity index (χ4v) is 4.55. The summed E-state index contributed by atoms with van der Waals surface area (Å²) in [6.45, 7) is 5.72. The van der Waals surface area contributed by atoms with E-state index in [1.54, 1.807) is 41.1 Å². The summed E-state index contributed by atoms with van der Waals surface area (Å²) in [5.41, 5.74) is 3.61. The normalized spacial score (nSPS) is 15.4. The highest BCUT2D eigenvalue weighted by Gasteiger charge is 2.35. The maximum absolute atomic E-state index is 13.0. The number of hydrogen-bond donors (Lipinski definition) is 1. The zero-order valence-corrected chi connectivity index (χ0v) is 18.1. The van der Waals surface area contributed by atoms with Gasteiger partial charge >= 0.3 is 5.97 Å². The van der Waals surface area contributed by atoms with Crippen molar-refractivity contribution in [1.82, 2.24) is 4.68 Å². The predicted octanol–water partition coefficient (Wildman–Crippen LogP) is 4.91. The number of furan rings is 1. The molecule has 3 heterocycles. The molecular formula is C22H18N2O4S2. The van der Waals surface area contributed by atoms with Gasteiger partial charge in [-0.3, -0.25) is 9.47 Å². The van der Waals surface area contributed by atoms with Crippen molar-refractivity contribution in [2.24, 2.45) is 0 Å². The van der Waals surface area contributed by atoms with Crippen LogP contribution in [0.4, 0.5) is 0 Å². The largest absolute Gasteiger partial charge is 0.478 e. The van der Waals surface area contributed by atoms with Crippen LogP contribution in [0.25, 0.3) is 17.4 Å². The SMILES string of the molecule is Cc1ccc(C(=O)O)cc1-c1ccc(C=C2SC(=S)N(n3c(C)ccc3C)C2=O)o1. The molecule has 4 rings (SSSR count). The van der Waals surface area contributed by atoms with Gasteiger partial charge in [0.25, 0.3) is 5.91 Å². The number of carbonyl (C=O) groups excluding carboxylic acids is 1. The Bertz CT molecular complexity index is 1220. The number of carboxylic acid groups (broad SMARTS) is 1. The summed E-state index contributed by atoms with van der Waals surface area (Å²) in [6.07, 6.45) is 1.66. The van der Waals surface area contributed by atoms with E-state index >= 15 is 0 Å². The molecule has 2 aromatic heterocycles. The summed E-state index contributed by atoms with van der Waals surface area (Å²) < 4.78 is 8.15. The van der Waals surface area contributed by atoms with E-state index < -0.39 is 5.97 Å². The molecule has 1 aliphatic heterocycles. The second-order valence-corrected chi connectivity index (χ2v) is 8.63. The number of thiocarbonyl (C=S) groups is 1. The lowest BCUT2D eigenvalue weighted by Crippen LogP contribution is -2.39. The Balaban J connectivity index is 1.66. The number of nitrogens with zero attached hydrogens (tertiary/aromatic N) is 2. The van der Waals surface area contributed by atoms with Crippen molar-refractivity contribution < 1.29 is 19.1 Å². The number of rotatable bonds is 4. The van der Waals surface area contributed by atoms with Crippen molar-refractivity contribution >= 4 is 46.3 Å². The number of aromatic carboxylic acids is 1. The molecule has 0 radical (unpaired) electrons. The average molecular weight is 439 g/mol. The van der Waals surface area contributed by atoms with Crippen LogP contribution in [0.3, 0.4) is 0 Å². The van der Waals surface area contributed by atoms with Crippen molar-refractivity contribution in [3.63, 3.8) is 0 Å². The molecule has 0 aliphatic carbocycles. The number of carboxylic acids is 1. The third kappa shape index (κ3) is 3.48. The molecule has 1 amide bonds. The smallest absolute Gasteiger partial charge is 0.335 e. The summed E-state index contributed by atoms with van der Waals surface area (Å²) in [6, 6.07) is 12.3. The van der Waals surface area contributed by atoms with Gasteiger partial charge in [-0.05, 0) is 75.0 Å². The van der Waals surface area contributed by atoms with Crippen molar-refractivity contribution in [2.75, 3.05) is 5.01 Å². The molecule has 0 atom stereocenters. The Morgan fingerprint density at radius 2 is 1.80 bits per heavy atom. The summed E-state index contributed by atoms with van der Waals surface area (Å²) in [5, 5.41) is 10.7. The van der Waals surface area contributed by atoms with E-state index in [1.165, 1.54) is 16.8 Å². The zero-order chi connectivity index (χ0) is 21.6. The molecule has 3 aromatic rings. The molecule has 0 spiro atoms. The van der Waals surface area contributed by atoms with E-state index in [-0.39, 0.29) is 11.5 Å². The Morgan fingerprint density at radius 3 is 2.47 bits per heavy atom. The maximum atomic E-state index is 13.0. The standard InChI is InChI=1S/C22H18N2O4S2/c1-12-4-7-15(21(26)27)10-17(12)18-9-8-16(28-18)11-19-20(25)24(22(29)30-19)23-13(2)5-6-14(23)3/h4-11H,1-3H3,(H,26,27). The Hall–Kier alpha value is -3.10. The predicted molar refractivity (Wildman–Crippen MR) is 121 cm³/mol. The monoisotopic (exact) mass is 438 g/mol. The Labute approximate surface area is 182 Å². The van der Waals surface area contributed by atoms with Crippen molar-refractivity contribution in [3.8, 4) is 11.3 Å². The summed E-state index contributed by atoms with van der Waals surface area (Å²) >= 11 is 6.65. The molecule has 1 N–H and O–H groups in total. The first kappa shape index (κ1) is 20.2. The fourth-order valence-electron chi connectivity index (χ4n) is 3.33. The van der Waals surface area contributed by atoms with E-state index in [0.29, 0.717) is 26.3 Å². The Kier molecular flexibility index (Phi) is 5.13. The quantitative estimate of drug-likeness (QED) is 0.461. The van der Waals surface area contributed by atoms with Gasteiger partial charge < -0.3 is 9.52 Å². The van der Waals surface area contributed by atoms with E-state index in [1.807, 2.05) is 32.9 Å². The topological polar surface area (TPSA) is 75.7 Å². The number of carbonyl (C=O) groups is 2. The molecule has 0 bridgehead atoms. The molecule has 6 nitrogen and oxygen atoms in total. The fraction of sp³-hybridized carbons (Fsp3) is 0.136. The minimum atomic E-state index is -0.998. The molecule has 0 unspecified atom stereocenters. The molecule has 152 valence electrons. The van der Waals surface area contributed by atoms with Crippen LogP contribution in [0.5, 0.6) is 0 Å². The van der Waals surface area contributed by atoms with E-state index in [2.05, 4.69) is 0 Å². The van der Waals surface area contributed by atoms with Crippen LogP contribution in [0.2, 0.25) is 0 Å². The van der Waals surface area contributed by atoms with Crippen LogP contribution >= 0.6 is 24.0 Å². The van der Waals surface area contributed by atoms with Crippen molar-refractivity contribution in [2.45, 2.75) is 20.8 Å². The average Bonchev–Trinajstić information content (AvgIpc) is 3.36. The first-order valence-electron chi connectivity index (χ1n) is 9.13. The minimum Gasteiger partial charge on any atom is -0.478 e. The molecule has 0 saturated carbocycles. The molecule has 8 heteroatoms. The molecule has 1 fully saturated rings. The van der Waals surface area contributed by atoms with Crippen LogP contribution in [0, 0.1) is 20.8 Å². The number of hydrogen-bond acceptors (Lipinski definition) is 5. The number of benzene rings is 1. The molecular weight excluding hydrogens is 420 g/mol. The first-order valence-corrected chi connectivity index (χ1v) is 10.4. The van der Waals surface area contributed by atoms with E-state index in [0.717, 1.165) is 17.0 Å². The second-order valence-electron chi connectivity index (χ2n) is 6.96. The van der Waals surface area contributed by atoms with Gasteiger partial charge in [0.1, 0.15) is 11.5 Å². The van der Waals surface area contributed by atoms with Gasteiger partial charge in [0.15, 0.2) is 4.32 Å². The number of thioether (sulfide) groups is 1. The highest BCUT2D eigenvalue weighted by Crippen LogP contribution is 2.34. The van der Waals surface area contributed by atoms with Crippen molar-refractivity contribution in [1.29, 1.82) is 0 Å². The molecule has 1 aliphatic rings. The zero-order valence-electron chi connectivity index (χ0n) is 16.5. The minimum absolute atomic E-state index is 0.187. The molecule has 30 heavy (non-hydrogen) atoms. The van der Waals surface area contributed by atoms with Gasteiger partial charge in [-0.1, -0.05) is 17.8 Å². The van der Waals surface area contributed by atoms with Crippen LogP contribution in [-0.2, 0) is 4.79 Å². The van der Waals surface area contributed by atoms with Gasteiger partial charge in [-0.2, -0.15) is 5.01 Å². The van der Waals surface area contributed by atoms with Gasteiger partial charge in [0.2, 0.25) is 0 Å². The van der Waals surface area contributed by atoms with Crippen molar-refractivity contribution in [3.05, 3.63) is 75.6 Å². The van der Waals surface area contributed by atoms with E-state index in [9.17, 15) is 14.7 Å². The lowest BCUT2D eigenvalue weighted by Gasteiger charge is -2.20. The van der Waals surface area contributed by atoms with Gasteiger partial charge in [-0.25, -0.2) is 4.79 Å². The van der Waals surface area contributed by atoms with E-state index in [4.69, 9.17) is 16.6 Å². The van der Waals surface area contributed by atoms with Gasteiger partial charge in [-0.15, -0.1) is 0 Å². The number of aromatic nitrogens is 1. The lowest BCUT2D eigenvalue weighted by molar-refractivity contribution is -0.114. The maximum Gasteiger partial charge on any atom is 0.335 e. The summed E-state index contributed by atoms with van der Waals surface area (Å²) in [5.74, 6) is -0.183. The van der Waals surface area contributed by atoms with Crippen LogP contribution in [-0.4, -0.2) is 26.0 Å². The van der Waals surface area contributed by atoms with Crippen LogP contribution in [0.15, 0.2) is 51.8 Å². The summed E-state index contributed by atoms with van der Waals surface area (Å²) in [4.78, 5) is 24.7. The molecule has 1 saturated heterocycles. The number of aryl methyl sites for hydroxylation is 3. The first-order chi connectivity index (χ1) is 14.3. The van der Waals surface area contributed by atoms with Crippen LogP contribution < -0.4 is 5.01 Å². The summed E-state index contributed by atoms with van der Waals surface area (Å²) in [7, 11) is 0. The highest BCUT2D eigenvalue weighted by molar-refractivity contribution is 8.27. The van der Waals surface area contributed by atoms with Crippen LogP contribution in [0.1, 0.15) is 33.1 Å². The third-order valence-electron chi connectivity index (χ3n) is 4.86. The second kappa shape index (κ2) is 7.62. The number of amides is 1. The van der Waals surface area contributed by atoms with Gasteiger partial charge in [0.05, 0.1) is 10.5 Å². The Morgan fingerprint density at radius 1 is 1.10 bits per heavy atom. The molecule has 1 aromatic carbocycles. The third-order valence-corrected chi connectivity index (χ3v) is 6.14. The highest BCUT2D eigenvalue weighted by atomic mass is 32.2. The van der Waals surface area contributed by atoms with Gasteiger partial charge in [0, 0.05) is 23.0 Å². The lowest BCUT2D eigenvalue weighted by atomic mass is 10.0.